The highest BCUT2D eigenvalue weighted by Gasteiger charge is 2.45. The van der Waals surface area contributed by atoms with Crippen LogP contribution in [-0.4, -0.2) is 15.7 Å². The van der Waals surface area contributed by atoms with Crippen molar-refractivity contribution >= 4 is 22.2 Å². The molecule has 2 heterocycles. The molecule has 2 atom stereocenters. The lowest BCUT2D eigenvalue weighted by Gasteiger charge is -2.08. The van der Waals surface area contributed by atoms with Gasteiger partial charge in [0, 0.05) is 24.0 Å². The molecular formula is C19H22N4OS. The number of nitriles is 1. The second-order valence-electron chi connectivity index (χ2n) is 7.12. The van der Waals surface area contributed by atoms with Gasteiger partial charge in [0.25, 0.3) is 0 Å². The fourth-order valence-electron chi connectivity index (χ4n) is 3.82. The molecule has 130 valence electrons. The molecule has 0 unspecified atom stereocenters. The molecule has 2 aromatic heterocycles. The Hall–Kier alpha value is -2.13. The summed E-state index contributed by atoms with van der Waals surface area (Å²) in [6.45, 7) is 0. The third kappa shape index (κ3) is 3.21. The maximum absolute atomic E-state index is 12.6. The lowest BCUT2D eigenvalue weighted by atomic mass is 9.97. The van der Waals surface area contributed by atoms with Gasteiger partial charge in [-0.25, -0.2) is 0 Å². The summed E-state index contributed by atoms with van der Waals surface area (Å²) in [4.78, 5) is 13.9. The van der Waals surface area contributed by atoms with E-state index in [-0.39, 0.29) is 17.7 Å². The largest absolute Gasteiger partial charge is 0.316 e. The van der Waals surface area contributed by atoms with E-state index in [1.807, 2.05) is 19.4 Å². The van der Waals surface area contributed by atoms with Crippen LogP contribution < -0.4 is 5.32 Å². The molecule has 1 N–H and O–H groups in total. The summed E-state index contributed by atoms with van der Waals surface area (Å²) in [5, 5.41) is 17.6. The van der Waals surface area contributed by atoms with Gasteiger partial charge in [-0.15, -0.1) is 11.3 Å². The first kappa shape index (κ1) is 16.3. The van der Waals surface area contributed by atoms with E-state index in [0.717, 1.165) is 36.2 Å². The van der Waals surface area contributed by atoms with E-state index in [1.165, 1.54) is 29.7 Å². The van der Waals surface area contributed by atoms with Gasteiger partial charge >= 0.3 is 0 Å². The van der Waals surface area contributed by atoms with Crippen molar-refractivity contribution < 1.29 is 4.79 Å². The van der Waals surface area contributed by atoms with E-state index in [1.54, 1.807) is 16.0 Å². The average molecular weight is 354 g/mol. The summed E-state index contributed by atoms with van der Waals surface area (Å²) in [6.07, 6.45) is 11.5. The molecule has 0 spiro atoms. The van der Waals surface area contributed by atoms with Crippen LogP contribution in [0.2, 0.25) is 0 Å². The molecule has 0 aromatic carbocycles. The Morgan fingerprint density at radius 1 is 1.36 bits per heavy atom. The van der Waals surface area contributed by atoms with E-state index in [2.05, 4.69) is 16.5 Å². The van der Waals surface area contributed by atoms with Crippen LogP contribution in [0.15, 0.2) is 12.4 Å². The summed E-state index contributed by atoms with van der Waals surface area (Å²) in [5.41, 5.74) is 3.01. The van der Waals surface area contributed by atoms with Crippen molar-refractivity contribution in [2.24, 2.45) is 13.0 Å². The van der Waals surface area contributed by atoms with Gasteiger partial charge in [-0.05, 0) is 49.1 Å². The molecule has 2 aliphatic rings. The van der Waals surface area contributed by atoms with Crippen molar-refractivity contribution in [1.29, 1.82) is 5.26 Å². The van der Waals surface area contributed by atoms with Gasteiger partial charge in [-0.3, -0.25) is 9.48 Å². The van der Waals surface area contributed by atoms with Crippen LogP contribution in [-0.2, 0) is 24.7 Å². The maximum Gasteiger partial charge on any atom is 0.228 e. The minimum Gasteiger partial charge on any atom is -0.316 e. The number of carbonyl (C=O) groups is 1. The highest BCUT2D eigenvalue weighted by atomic mass is 32.1. The van der Waals surface area contributed by atoms with Crippen molar-refractivity contribution in [1.82, 2.24) is 9.78 Å². The molecule has 0 radical (unpaired) electrons. The van der Waals surface area contributed by atoms with Crippen molar-refractivity contribution in [2.45, 2.75) is 50.9 Å². The summed E-state index contributed by atoms with van der Waals surface area (Å²) < 4.78 is 1.77. The van der Waals surface area contributed by atoms with Gasteiger partial charge in [0.2, 0.25) is 5.91 Å². The van der Waals surface area contributed by atoms with Crippen molar-refractivity contribution in [3.63, 3.8) is 0 Å². The first-order chi connectivity index (χ1) is 12.2. The first-order valence-corrected chi connectivity index (χ1v) is 9.83. The van der Waals surface area contributed by atoms with Crippen LogP contribution in [0.4, 0.5) is 5.00 Å². The Bertz CT molecular complexity index is 844. The van der Waals surface area contributed by atoms with E-state index in [9.17, 15) is 10.1 Å². The molecule has 1 fully saturated rings. The number of nitrogens with one attached hydrogen (secondary N) is 1. The lowest BCUT2D eigenvalue weighted by Crippen LogP contribution is -2.14. The number of rotatable bonds is 3. The highest BCUT2D eigenvalue weighted by Crippen LogP contribution is 2.48. The number of amides is 1. The molecule has 0 saturated heterocycles. The second-order valence-corrected chi connectivity index (χ2v) is 8.22. The van der Waals surface area contributed by atoms with E-state index < -0.39 is 0 Å². The standard InChI is InChI=1S/C19H22N4OS/c1-23-11-12(10-21-23)14-8-15(14)18(24)22-19-16(9-20)13-6-4-2-3-5-7-17(13)25-19/h10-11,14-15H,2-8H2,1H3,(H,22,24)/t14-,15-/m1/s1. The highest BCUT2D eigenvalue weighted by molar-refractivity contribution is 7.16. The molecule has 2 aromatic rings. The van der Waals surface area contributed by atoms with Gasteiger partial charge in [-0.2, -0.15) is 10.4 Å². The second kappa shape index (κ2) is 6.64. The minimum atomic E-state index is 0.000395. The molecule has 4 rings (SSSR count). The Balaban J connectivity index is 1.50. The monoisotopic (exact) mass is 354 g/mol. The maximum atomic E-state index is 12.6. The molecule has 2 aliphatic carbocycles. The van der Waals surface area contributed by atoms with Crippen LogP contribution in [0, 0.1) is 17.2 Å². The third-order valence-electron chi connectivity index (χ3n) is 5.30. The number of nitrogens with zero attached hydrogens (tertiary/aromatic N) is 3. The SMILES string of the molecule is Cn1cc([C@H]2C[C@H]2C(=O)Nc2sc3c(c2C#N)CCCCCC3)cn1. The Labute approximate surface area is 151 Å². The zero-order chi connectivity index (χ0) is 17.4. The summed E-state index contributed by atoms with van der Waals surface area (Å²) in [7, 11) is 1.89. The fraction of sp³-hybridized carbons (Fsp3) is 0.526. The molecular weight excluding hydrogens is 332 g/mol. The van der Waals surface area contributed by atoms with E-state index in [4.69, 9.17) is 0 Å². The molecule has 6 heteroatoms. The van der Waals surface area contributed by atoms with E-state index >= 15 is 0 Å². The average Bonchev–Trinajstić information content (AvgIpc) is 3.17. The van der Waals surface area contributed by atoms with Gasteiger partial charge in [-0.1, -0.05) is 12.8 Å². The smallest absolute Gasteiger partial charge is 0.228 e. The molecule has 5 nitrogen and oxygen atoms in total. The number of hydrogen-bond donors (Lipinski definition) is 1. The number of carbonyl (C=O) groups excluding carboxylic acids is 1. The predicted molar refractivity (Wildman–Crippen MR) is 97.6 cm³/mol. The van der Waals surface area contributed by atoms with Gasteiger partial charge in [0.15, 0.2) is 0 Å². The quantitative estimate of drug-likeness (QED) is 0.912. The molecule has 1 amide bonds. The number of thiophene rings is 1. The summed E-state index contributed by atoms with van der Waals surface area (Å²) in [5.74, 6) is 0.306. The normalized spacial score (nSPS) is 22.4. The predicted octanol–water partition coefficient (Wildman–Crippen LogP) is 3.75. The topological polar surface area (TPSA) is 70.7 Å². The molecule has 0 aliphatic heterocycles. The molecule has 25 heavy (non-hydrogen) atoms. The molecule has 1 saturated carbocycles. The minimum absolute atomic E-state index is 0.000395. The van der Waals surface area contributed by atoms with Gasteiger partial charge < -0.3 is 5.32 Å². The number of aromatic nitrogens is 2. The van der Waals surface area contributed by atoms with Crippen LogP contribution in [0.3, 0.4) is 0 Å². The van der Waals surface area contributed by atoms with Crippen LogP contribution in [0.25, 0.3) is 0 Å². The Morgan fingerprint density at radius 3 is 2.88 bits per heavy atom. The lowest BCUT2D eigenvalue weighted by molar-refractivity contribution is -0.117. The third-order valence-corrected chi connectivity index (χ3v) is 6.51. The van der Waals surface area contributed by atoms with Crippen LogP contribution in [0.1, 0.15) is 59.6 Å². The molecule has 0 bridgehead atoms. The van der Waals surface area contributed by atoms with Gasteiger partial charge in [0.1, 0.15) is 11.1 Å². The summed E-state index contributed by atoms with van der Waals surface area (Å²) in [6, 6.07) is 2.35. The Kier molecular flexibility index (Phi) is 4.34. The number of anilines is 1. The first-order valence-electron chi connectivity index (χ1n) is 9.01. The number of aryl methyl sites for hydroxylation is 2. The van der Waals surface area contributed by atoms with Gasteiger partial charge in [0.05, 0.1) is 11.8 Å². The zero-order valence-corrected chi connectivity index (χ0v) is 15.2. The fourth-order valence-corrected chi connectivity index (χ4v) is 5.06. The zero-order valence-electron chi connectivity index (χ0n) is 14.4. The number of fused-ring (bicyclic) bond motifs is 1. The van der Waals surface area contributed by atoms with E-state index in [0.29, 0.717) is 5.56 Å². The van der Waals surface area contributed by atoms with Crippen LogP contribution >= 0.6 is 11.3 Å². The van der Waals surface area contributed by atoms with Crippen LogP contribution in [0.5, 0.6) is 0 Å². The van der Waals surface area contributed by atoms with Crippen molar-refractivity contribution in [3.8, 4) is 6.07 Å². The summed E-state index contributed by atoms with van der Waals surface area (Å²) >= 11 is 1.61. The van der Waals surface area contributed by atoms with Crippen molar-refractivity contribution in [2.75, 3.05) is 5.32 Å². The van der Waals surface area contributed by atoms with Crippen molar-refractivity contribution in [3.05, 3.63) is 34.0 Å². The number of hydrogen-bond acceptors (Lipinski definition) is 4. The Morgan fingerprint density at radius 2 is 2.16 bits per heavy atom.